The summed E-state index contributed by atoms with van der Waals surface area (Å²) in [6.07, 6.45) is 5.87. The van der Waals surface area contributed by atoms with Gasteiger partial charge in [0.15, 0.2) is 5.82 Å². The monoisotopic (exact) mass is 494 g/mol. The molecule has 0 saturated carbocycles. The Balaban J connectivity index is 1.53. The van der Waals surface area contributed by atoms with E-state index in [1.165, 1.54) is 12.1 Å². The molecule has 184 valence electrons. The number of halogens is 2. The molecular weight excluding hydrogens is 470 g/mol. The minimum atomic E-state index is -0.628. The molecule has 0 saturated heterocycles. The summed E-state index contributed by atoms with van der Waals surface area (Å²) >= 11 is 0. The number of hydrogen-bond acceptors (Lipinski definition) is 5. The van der Waals surface area contributed by atoms with E-state index in [1.54, 1.807) is 12.4 Å². The number of para-hydroxylation sites is 1. The standard InChI is InChI=1S/C30H24F2N4O/c1-16-23-10-9-22-26(21-8-7-18(31)13-24(21)32)35-29(20-11-12-33-25-6-4-3-5-19(20)25)36-28(22)30(23,2)14-17-15-34-37-27(16)17/h3-8,11-13,15-16,23H,9-10,14H2,1-2H3/t16-,23-,30-/m1/s1. The molecule has 7 rings (SSSR count). The van der Waals surface area contributed by atoms with Crippen LogP contribution in [0.5, 0.6) is 0 Å². The second kappa shape index (κ2) is 8.00. The molecule has 0 bridgehead atoms. The summed E-state index contributed by atoms with van der Waals surface area (Å²) in [5.74, 6) is 0.681. The third kappa shape index (κ3) is 3.26. The molecule has 0 amide bonds. The quantitative estimate of drug-likeness (QED) is 0.270. The predicted molar refractivity (Wildman–Crippen MR) is 136 cm³/mol. The Morgan fingerprint density at radius 2 is 1.89 bits per heavy atom. The van der Waals surface area contributed by atoms with Crippen molar-refractivity contribution in [1.29, 1.82) is 0 Å². The smallest absolute Gasteiger partial charge is 0.160 e. The fraction of sp³-hybridized carbons (Fsp3) is 0.267. The summed E-state index contributed by atoms with van der Waals surface area (Å²) in [6.45, 7) is 4.43. The van der Waals surface area contributed by atoms with E-state index in [4.69, 9.17) is 14.5 Å². The molecule has 5 nitrogen and oxygen atoms in total. The predicted octanol–water partition coefficient (Wildman–Crippen LogP) is 6.80. The fourth-order valence-electron chi connectivity index (χ4n) is 6.68. The normalized spacial score (nSPS) is 22.4. The molecule has 5 aromatic rings. The Morgan fingerprint density at radius 1 is 1.03 bits per heavy atom. The van der Waals surface area contributed by atoms with E-state index < -0.39 is 11.6 Å². The van der Waals surface area contributed by atoms with Crippen LogP contribution in [0.2, 0.25) is 0 Å². The van der Waals surface area contributed by atoms with Crippen LogP contribution in [0.1, 0.15) is 48.8 Å². The minimum Gasteiger partial charge on any atom is -0.361 e. The van der Waals surface area contributed by atoms with Crippen molar-refractivity contribution in [3.63, 3.8) is 0 Å². The van der Waals surface area contributed by atoms with Gasteiger partial charge in [0.25, 0.3) is 0 Å². The fourth-order valence-corrected chi connectivity index (χ4v) is 6.68. The molecular formula is C30H24F2N4O. The van der Waals surface area contributed by atoms with Gasteiger partial charge in [-0.15, -0.1) is 0 Å². The highest BCUT2D eigenvalue weighted by molar-refractivity contribution is 5.92. The molecule has 0 aliphatic heterocycles. The molecule has 0 N–H and O–H groups in total. The van der Waals surface area contributed by atoms with Gasteiger partial charge in [-0.1, -0.05) is 37.2 Å². The summed E-state index contributed by atoms with van der Waals surface area (Å²) < 4.78 is 34.7. The van der Waals surface area contributed by atoms with E-state index in [1.807, 2.05) is 30.3 Å². The van der Waals surface area contributed by atoms with Crippen molar-refractivity contribution in [2.45, 2.75) is 44.4 Å². The Labute approximate surface area is 212 Å². The van der Waals surface area contributed by atoms with E-state index >= 15 is 4.39 Å². The van der Waals surface area contributed by atoms with Crippen LogP contribution in [-0.4, -0.2) is 20.1 Å². The van der Waals surface area contributed by atoms with Gasteiger partial charge in [-0.05, 0) is 49.4 Å². The molecule has 2 aliphatic rings. The van der Waals surface area contributed by atoms with Crippen molar-refractivity contribution in [1.82, 2.24) is 20.1 Å². The van der Waals surface area contributed by atoms with E-state index in [0.717, 1.165) is 58.0 Å². The van der Waals surface area contributed by atoms with Gasteiger partial charge in [0.2, 0.25) is 0 Å². The summed E-state index contributed by atoms with van der Waals surface area (Å²) in [6, 6.07) is 13.4. The molecule has 2 aliphatic carbocycles. The van der Waals surface area contributed by atoms with Gasteiger partial charge in [0, 0.05) is 51.2 Å². The average Bonchev–Trinajstić information content (AvgIpc) is 3.36. The maximum absolute atomic E-state index is 15.2. The summed E-state index contributed by atoms with van der Waals surface area (Å²) in [5, 5.41) is 5.01. The number of nitrogens with zero attached hydrogens (tertiary/aromatic N) is 4. The van der Waals surface area contributed by atoms with E-state index in [-0.39, 0.29) is 22.8 Å². The van der Waals surface area contributed by atoms with Crippen LogP contribution in [-0.2, 0) is 18.3 Å². The summed E-state index contributed by atoms with van der Waals surface area (Å²) in [7, 11) is 0. The number of fused-ring (bicyclic) bond motifs is 5. The van der Waals surface area contributed by atoms with Crippen LogP contribution in [0.3, 0.4) is 0 Å². The number of rotatable bonds is 2. The van der Waals surface area contributed by atoms with Gasteiger partial charge in [-0.3, -0.25) is 4.98 Å². The zero-order valence-corrected chi connectivity index (χ0v) is 20.5. The van der Waals surface area contributed by atoms with Crippen molar-refractivity contribution in [2.24, 2.45) is 5.92 Å². The summed E-state index contributed by atoms with van der Waals surface area (Å²) in [5.41, 5.74) is 5.10. The van der Waals surface area contributed by atoms with Gasteiger partial charge >= 0.3 is 0 Å². The van der Waals surface area contributed by atoms with Gasteiger partial charge in [0.05, 0.1) is 23.1 Å². The van der Waals surface area contributed by atoms with Crippen LogP contribution in [0, 0.1) is 17.6 Å². The SMILES string of the molecule is C[C@H]1c2oncc2C[C@@]2(C)c3nc(-c4ccnc5ccccc45)nc(-c4ccc(F)cc4F)c3CC[C@H]12. The number of pyridine rings is 1. The molecule has 2 aromatic carbocycles. The van der Waals surface area contributed by atoms with E-state index in [2.05, 4.69) is 24.0 Å². The molecule has 0 unspecified atom stereocenters. The second-order valence-electron chi connectivity index (χ2n) is 10.5. The van der Waals surface area contributed by atoms with Crippen LogP contribution in [0.4, 0.5) is 8.78 Å². The lowest BCUT2D eigenvalue weighted by atomic mass is 9.56. The first kappa shape index (κ1) is 22.2. The first-order chi connectivity index (χ1) is 17.9. The lowest BCUT2D eigenvalue weighted by molar-refractivity contribution is 0.172. The summed E-state index contributed by atoms with van der Waals surface area (Å²) in [4.78, 5) is 14.7. The third-order valence-corrected chi connectivity index (χ3v) is 8.40. The molecule has 37 heavy (non-hydrogen) atoms. The van der Waals surface area contributed by atoms with Crippen molar-refractivity contribution in [2.75, 3.05) is 0 Å². The van der Waals surface area contributed by atoms with Gasteiger partial charge in [-0.25, -0.2) is 18.7 Å². The average molecular weight is 495 g/mol. The number of aromatic nitrogens is 4. The highest BCUT2D eigenvalue weighted by Gasteiger charge is 2.50. The first-order valence-corrected chi connectivity index (χ1v) is 12.6. The maximum Gasteiger partial charge on any atom is 0.160 e. The zero-order chi connectivity index (χ0) is 25.3. The number of hydrogen-bond donors (Lipinski definition) is 0. The third-order valence-electron chi connectivity index (χ3n) is 8.40. The van der Waals surface area contributed by atoms with Crippen LogP contribution in [0.15, 0.2) is 65.4 Å². The molecule has 3 atom stereocenters. The highest BCUT2D eigenvalue weighted by atomic mass is 19.1. The van der Waals surface area contributed by atoms with E-state index in [0.29, 0.717) is 17.9 Å². The topological polar surface area (TPSA) is 64.7 Å². The van der Waals surface area contributed by atoms with Crippen LogP contribution < -0.4 is 0 Å². The van der Waals surface area contributed by atoms with Crippen LogP contribution in [0.25, 0.3) is 33.5 Å². The Morgan fingerprint density at radius 3 is 2.76 bits per heavy atom. The molecule has 3 heterocycles. The van der Waals surface area contributed by atoms with Crippen molar-refractivity contribution in [3.8, 4) is 22.6 Å². The highest BCUT2D eigenvalue weighted by Crippen LogP contribution is 2.54. The Hall–Kier alpha value is -4.00. The van der Waals surface area contributed by atoms with Gasteiger partial charge in [-0.2, -0.15) is 0 Å². The van der Waals surface area contributed by atoms with Crippen molar-refractivity contribution >= 4 is 10.9 Å². The van der Waals surface area contributed by atoms with Crippen molar-refractivity contribution < 1.29 is 13.3 Å². The number of benzene rings is 2. The van der Waals surface area contributed by atoms with Crippen molar-refractivity contribution in [3.05, 3.63) is 95.1 Å². The van der Waals surface area contributed by atoms with Gasteiger partial charge < -0.3 is 4.52 Å². The maximum atomic E-state index is 15.2. The first-order valence-electron chi connectivity index (χ1n) is 12.6. The molecule has 0 fully saturated rings. The molecule has 0 radical (unpaired) electrons. The Bertz CT molecular complexity index is 1690. The Kier molecular flexibility index (Phi) is 4.80. The molecule has 3 aromatic heterocycles. The lowest BCUT2D eigenvalue weighted by Crippen LogP contribution is -2.45. The molecule has 0 spiro atoms. The van der Waals surface area contributed by atoms with Gasteiger partial charge in [0.1, 0.15) is 17.4 Å². The van der Waals surface area contributed by atoms with E-state index in [9.17, 15) is 4.39 Å². The van der Waals surface area contributed by atoms with Crippen LogP contribution >= 0.6 is 0 Å². The zero-order valence-electron chi connectivity index (χ0n) is 20.5. The minimum absolute atomic E-state index is 0.176. The molecule has 7 heteroatoms. The lowest BCUT2D eigenvalue weighted by Gasteiger charge is -2.47. The second-order valence-corrected chi connectivity index (χ2v) is 10.5. The largest absolute Gasteiger partial charge is 0.361 e.